The largest absolute Gasteiger partial charge is 0.478 e. The fraction of sp³-hybridized carbons (Fsp3) is 0.333. The number of nitrogens with zero attached hydrogens (tertiary/aromatic N) is 1. The molecule has 1 rings (SSSR count). The van der Waals surface area contributed by atoms with Gasteiger partial charge in [-0.3, -0.25) is 0 Å². The monoisotopic (exact) mass is 290 g/mol. The molecule has 0 saturated carbocycles. The van der Waals surface area contributed by atoms with E-state index in [-0.39, 0.29) is 17.8 Å². The number of rotatable bonds is 4. The highest BCUT2D eigenvalue weighted by molar-refractivity contribution is 5.91. The van der Waals surface area contributed by atoms with Gasteiger partial charge in [0.2, 0.25) is 0 Å². The molecule has 0 unspecified atom stereocenters. The first-order chi connectivity index (χ1) is 9.23. The molecule has 1 aromatic carbocycles. The van der Waals surface area contributed by atoms with Gasteiger partial charge in [-0.15, -0.1) is 0 Å². The molecule has 0 saturated heterocycles. The van der Waals surface area contributed by atoms with Gasteiger partial charge in [0.25, 0.3) is 0 Å². The fourth-order valence-electron chi connectivity index (χ4n) is 1.44. The van der Waals surface area contributed by atoms with Gasteiger partial charge in [0.05, 0.1) is 5.56 Å². The maximum absolute atomic E-state index is 12.2. The number of carboxylic acids is 1. The number of hydrogen-bond donors (Lipinski definition) is 2. The molecule has 0 bridgehead atoms. The van der Waals surface area contributed by atoms with E-state index in [2.05, 4.69) is 5.32 Å². The Morgan fingerprint density at radius 1 is 1.25 bits per heavy atom. The minimum atomic E-state index is -4.47. The average Bonchev–Trinajstić information content (AvgIpc) is 2.35. The highest BCUT2D eigenvalue weighted by Gasteiger charge is 2.32. The van der Waals surface area contributed by atoms with E-state index in [0.717, 1.165) is 0 Å². The molecule has 20 heavy (non-hydrogen) atoms. The van der Waals surface area contributed by atoms with E-state index >= 15 is 0 Å². The highest BCUT2D eigenvalue weighted by Crippen LogP contribution is 2.17. The van der Waals surface area contributed by atoms with Crippen LogP contribution in [0.15, 0.2) is 24.3 Å². The third kappa shape index (κ3) is 4.79. The van der Waals surface area contributed by atoms with Crippen LogP contribution in [0.4, 0.5) is 23.7 Å². The first-order valence-corrected chi connectivity index (χ1v) is 5.69. The maximum Gasteiger partial charge on any atom is 0.406 e. The summed E-state index contributed by atoms with van der Waals surface area (Å²) in [5.74, 6) is -1.13. The molecular weight excluding hydrogens is 277 g/mol. The molecule has 0 heterocycles. The van der Waals surface area contributed by atoms with Crippen LogP contribution < -0.4 is 5.32 Å². The van der Waals surface area contributed by atoms with E-state index in [1.807, 2.05) is 0 Å². The van der Waals surface area contributed by atoms with Crippen LogP contribution in [0.1, 0.15) is 17.3 Å². The second-order valence-electron chi connectivity index (χ2n) is 3.94. The second-order valence-corrected chi connectivity index (χ2v) is 3.94. The molecule has 0 aromatic heterocycles. The normalized spacial score (nSPS) is 11.0. The number of hydrogen-bond acceptors (Lipinski definition) is 2. The Morgan fingerprint density at radius 2 is 1.80 bits per heavy atom. The summed E-state index contributed by atoms with van der Waals surface area (Å²) >= 11 is 0. The van der Waals surface area contributed by atoms with Crippen LogP contribution in [-0.2, 0) is 0 Å². The zero-order valence-corrected chi connectivity index (χ0v) is 10.6. The standard InChI is InChI=1S/C12H13F3N2O3/c1-2-17(7-12(13,14)15)11(20)16-9-5-3-8(4-6-9)10(18)19/h3-6H,2,7H2,1H3,(H,16,20)(H,18,19). The van der Waals surface area contributed by atoms with Crippen LogP contribution in [0, 0.1) is 0 Å². The molecule has 8 heteroatoms. The summed E-state index contributed by atoms with van der Waals surface area (Å²) < 4.78 is 36.7. The number of carbonyl (C=O) groups excluding carboxylic acids is 1. The lowest BCUT2D eigenvalue weighted by atomic mass is 10.2. The lowest BCUT2D eigenvalue weighted by Crippen LogP contribution is -2.41. The molecule has 1 aromatic rings. The van der Waals surface area contributed by atoms with Crippen molar-refractivity contribution in [1.82, 2.24) is 4.90 Å². The van der Waals surface area contributed by atoms with Gasteiger partial charge in [0, 0.05) is 12.2 Å². The average molecular weight is 290 g/mol. The lowest BCUT2D eigenvalue weighted by molar-refractivity contribution is -0.139. The summed E-state index contributed by atoms with van der Waals surface area (Å²) in [6.07, 6.45) is -4.47. The maximum atomic E-state index is 12.2. The van der Waals surface area contributed by atoms with E-state index in [9.17, 15) is 22.8 Å². The van der Waals surface area contributed by atoms with Crippen molar-refractivity contribution in [2.45, 2.75) is 13.1 Å². The quantitative estimate of drug-likeness (QED) is 0.895. The highest BCUT2D eigenvalue weighted by atomic mass is 19.4. The number of urea groups is 1. The number of nitrogens with one attached hydrogen (secondary N) is 1. The summed E-state index contributed by atoms with van der Waals surface area (Å²) in [6, 6.07) is 4.22. The number of amides is 2. The Hall–Kier alpha value is -2.25. The van der Waals surface area contributed by atoms with Crippen LogP contribution in [0.2, 0.25) is 0 Å². The van der Waals surface area contributed by atoms with Crippen LogP contribution in [-0.4, -0.2) is 41.3 Å². The summed E-state index contributed by atoms with van der Waals surface area (Å²) in [7, 11) is 0. The Labute approximate surface area is 113 Å². The Balaban J connectivity index is 2.71. The third-order valence-corrected chi connectivity index (χ3v) is 2.42. The second kappa shape index (κ2) is 6.27. The van der Waals surface area contributed by atoms with Gasteiger partial charge in [-0.25, -0.2) is 9.59 Å². The molecule has 0 fully saturated rings. The molecule has 2 N–H and O–H groups in total. The van der Waals surface area contributed by atoms with E-state index in [1.54, 1.807) is 0 Å². The molecule has 0 spiro atoms. The summed E-state index contributed by atoms with van der Waals surface area (Å²) in [4.78, 5) is 22.9. The fourth-order valence-corrected chi connectivity index (χ4v) is 1.44. The third-order valence-electron chi connectivity index (χ3n) is 2.42. The molecule has 0 atom stereocenters. The van der Waals surface area contributed by atoms with Crippen molar-refractivity contribution in [1.29, 1.82) is 0 Å². The summed E-state index contributed by atoms with van der Waals surface area (Å²) in [5.41, 5.74) is 0.242. The minimum Gasteiger partial charge on any atom is -0.478 e. The van der Waals surface area contributed by atoms with Gasteiger partial charge in [0.15, 0.2) is 0 Å². The van der Waals surface area contributed by atoms with E-state index in [1.165, 1.54) is 31.2 Å². The Morgan fingerprint density at radius 3 is 2.20 bits per heavy atom. The molecule has 0 aliphatic rings. The van der Waals surface area contributed by atoms with Crippen molar-refractivity contribution in [2.75, 3.05) is 18.4 Å². The minimum absolute atomic E-state index is 0.0191. The van der Waals surface area contributed by atoms with Crippen molar-refractivity contribution in [3.05, 3.63) is 29.8 Å². The molecule has 0 aliphatic carbocycles. The molecular formula is C12H13F3N2O3. The van der Waals surface area contributed by atoms with Crippen molar-refractivity contribution in [2.24, 2.45) is 0 Å². The smallest absolute Gasteiger partial charge is 0.406 e. The summed E-state index contributed by atoms with van der Waals surface area (Å²) in [6.45, 7) is -0.0139. The first-order valence-electron chi connectivity index (χ1n) is 5.69. The van der Waals surface area contributed by atoms with E-state index in [4.69, 9.17) is 5.11 Å². The van der Waals surface area contributed by atoms with Crippen molar-refractivity contribution in [3.63, 3.8) is 0 Å². The number of halogens is 3. The zero-order chi connectivity index (χ0) is 15.3. The van der Waals surface area contributed by atoms with Gasteiger partial charge in [0.1, 0.15) is 6.54 Å². The predicted octanol–water partition coefficient (Wildman–Crippen LogP) is 2.80. The lowest BCUT2D eigenvalue weighted by Gasteiger charge is -2.22. The number of benzene rings is 1. The van der Waals surface area contributed by atoms with E-state index in [0.29, 0.717) is 4.90 Å². The van der Waals surface area contributed by atoms with Crippen LogP contribution in [0.25, 0.3) is 0 Å². The molecule has 5 nitrogen and oxygen atoms in total. The molecule has 0 aliphatic heterocycles. The SMILES string of the molecule is CCN(CC(F)(F)F)C(=O)Nc1ccc(C(=O)O)cc1. The van der Waals surface area contributed by atoms with Gasteiger partial charge in [-0.2, -0.15) is 13.2 Å². The van der Waals surface area contributed by atoms with Gasteiger partial charge in [-0.1, -0.05) is 0 Å². The van der Waals surface area contributed by atoms with Crippen LogP contribution in [0.5, 0.6) is 0 Å². The Kier molecular flexibility index (Phi) is 4.95. The van der Waals surface area contributed by atoms with Gasteiger partial charge in [-0.05, 0) is 31.2 Å². The molecule has 110 valence electrons. The van der Waals surface area contributed by atoms with E-state index < -0.39 is 24.7 Å². The molecule has 2 amide bonds. The van der Waals surface area contributed by atoms with Crippen LogP contribution in [0.3, 0.4) is 0 Å². The zero-order valence-electron chi connectivity index (χ0n) is 10.6. The number of anilines is 1. The van der Waals surface area contributed by atoms with Gasteiger partial charge >= 0.3 is 18.2 Å². The number of alkyl halides is 3. The predicted molar refractivity (Wildman–Crippen MR) is 65.7 cm³/mol. The Bertz CT molecular complexity index is 486. The number of carboxylic acid groups (broad SMARTS) is 1. The first kappa shape index (κ1) is 15.8. The number of carbonyl (C=O) groups is 2. The van der Waals surface area contributed by atoms with Crippen molar-refractivity contribution < 1.29 is 27.9 Å². The summed E-state index contributed by atoms with van der Waals surface area (Å²) in [5, 5.41) is 11.0. The van der Waals surface area contributed by atoms with Gasteiger partial charge < -0.3 is 15.3 Å². The topological polar surface area (TPSA) is 69.6 Å². The van der Waals surface area contributed by atoms with Crippen LogP contribution >= 0.6 is 0 Å². The van der Waals surface area contributed by atoms with Crippen molar-refractivity contribution in [3.8, 4) is 0 Å². The van der Waals surface area contributed by atoms with Crippen molar-refractivity contribution >= 4 is 17.7 Å². The number of aromatic carboxylic acids is 1. The molecule has 0 radical (unpaired) electrons.